The van der Waals surface area contributed by atoms with Crippen LogP contribution in [0.5, 0.6) is 0 Å². The van der Waals surface area contributed by atoms with E-state index in [9.17, 15) is 28.4 Å². The highest BCUT2D eigenvalue weighted by atomic mass is 32.2. The van der Waals surface area contributed by atoms with Gasteiger partial charge in [0.05, 0.1) is 15.9 Å². The number of hydrogen-bond donors (Lipinski definition) is 2. The fourth-order valence-electron chi connectivity index (χ4n) is 2.26. The molecular weight excluding hydrogens is 364 g/mol. The molecule has 2 aromatic carbocycles. The second kappa shape index (κ2) is 8.04. The number of aliphatic carboxylic acids is 1. The molecule has 2 rings (SSSR count). The zero-order chi connectivity index (χ0) is 19.3. The van der Waals surface area contributed by atoms with Crippen LogP contribution in [0.3, 0.4) is 0 Å². The van der Waals surface area contributed by atoms with E-state index in [1.807, 2.05) is 0 Å². The Morgan fingerprint density at radius 2 is 1.69 bits per heavy atom. The molecule has 2 aromatic rings. The van der Waals surface area contributed by atoms with Gasteiger partial charge in [-0.2, -0.15) is 4.31 Å². The van der Waals surface area contributed by atoms with Crippen LogP contribution in [0.15, 0.2) is 59.5 Å². The van der Waals surface area contributed by atoms with Crippen molar-refractivity contribution in [3.8, 4) is 0 Å². The van der Waals surface area contributed by atoms with Gasteiger partial charge in [-0.15, -0.1) is 0 Å². The first kappa shape index (κ1) is 19.5. The number of carbonyl (C=O) groups is 1. The Morgan fingerprint density at radius 3 is 2.19 bits per heavy atom. The molecule has 0 aliphatic carbocycles. The zero-order valence-corrected chi connectivity index (χ0v) is 14.2. The molecule has 0 amide bonds. The van der Waals surface area contributed by atoms with Crippen LogP contribution in [0, 0.1) is 10.1 Å². The van der Waals surface area contributed by atoms with E-state index in [1.54, 1.807) is 30.3 Å². The molecule has 1 atom stereocenters. The van der Waals surface area contributed by atoms with Crippen molar-refractivity contribution >= 4 is 21.7 Å². The van der Waals surface area contributed by atoms with Crippen LogP contribution in [-0.4, -0.2) is 46.9 Å². The van der Waals surface area contributed by atoms with Gasteiger partial charge in [0.25, 0.3) is 5.69 Å². The molecule has 0 radical (unpaired) electrons. The van der Waals surface area contributed by atoms with Gasteiger partial charge < -0.3 is 10.2 Å². The lowest BCUT2D eigenvalue weighted by Crippen LogP contribution is -2.38. The molecule has 1 unspecified atom stereocenters. The van der Waals surface area contributed by atoms with Crippen molar-refractivity contribution in [2.45, 2.75) is 11.0 Å². The van der Waals surface area contributed by atoms with E-state index in [-0.39, 0.29) is 10.6 Å². The first-order chi connectivity index (χ1) is 12.2. The molecular formula is C16H16N2O7S. The molecule has 0 aromatic heterocycles. The largest absolute Gasteiger partial charge is 0.480 e. The number of benzene rings is 2. The smallest absolute Gasteiger partial charge is 0.318 e. The van der Waals surface area contributed by atoms with Gasteiger partial charge in [-0.3, -0.25) is 14.9 Å². The molecule has 0 saturated heterocycles. The van der Waals surface area contributed by atoms with E-state index in [4.69, 9.17) is 5.11 Å². The minimum Gasteiger partial charge on any atom is -0.480 e. The third-order valence-corrected chi connectivity index (χ3v) is 5.38. The van der Waals surface area contributed by atoms with Crippen LogP contribution < -0.4 is 0 Å². The second-order valence-electron chi connectivity index (χ2n) is 5.37. The summed E-state index contributed by atoms with van der Waals surface area (Å²) in [5.41, 5.74) is 0.139. The lowest BCUT2D eigenvalue weighted by Gasteiger charge is -2.23. The number of nitro groups is 1. The number of rotatable bonds is 8. The van der Waals surface area contributed by atoms with Crippen LogP contribution in [0.2, 0.25) is 0 Å². The topological polar surface area (TPSA) is 138 Å². The monoisotopic (exact) mass is 380 g/mol. The van der Waals surface area contributed by atoms with Gasteiger partial charge in [0.2, 0.25) is 10.0 Å². The normalized spacial score (nSPS) is 12.7. The van der Waals surface area contributed by atoms with Crippen LogP contribution in [0.25, 0.3) is 0 Å². The molecule has 26 heavy (non-hydrogen) atoms. The molecule has 2 N–H and O–H groups in total. The summed E-state index contributed by atoms with van der Waals surface area (Å²) >= 11 is 0. The maximum absolute atomic E-state index is 12.7. The van der Waals surface area contributed by atoms with E-state index in [0.717, 1.165) is 24.3 Å². The predicted molar refractivity (Wildman–Crippen MR) is 90.9 cm³/mol. The Balaban J connectivity index is 2.32. The van der Waals surface area contributed by atoms with Crippen LogP contribution in [0.1, 0.15) is 11.7 Å². The van der Waals surface area contributed by atoms with Crippen LogP contribution in [0.4, 0.5) is 5.69 Å². The molecule has 0 spiro atoms. The van der Waals surface area contributed by atoms with Gasteiger partial charge in [0.15, 0.2) is 0 Å². The summed E-state index contributed by atoms with van der Waals surface area (Å²) in [5, 5.41) is 29.9. The van der Waals surface area contributed by atoms with Crippen molar-refractivity contribution in [3.63, 3.8) is 0 Å². The van der Waals surface area contributed by atoms with E-state index >= 15 is 0 Å². The third kappa shape index (κ3) is 4.63. The molecule has 0 saturated carbocycles. The van der Waals surface area contributed by atoms with Gasteiger partial charge in [-0.05, 0) is 17.7 Å². The molecule has 10 heteroatoms. The first-order valence-corrected chi connectivity index (χ1v) is 8.85. The van der Waals surface area contributed by atoms with Gasteiger partial charge in [-0.1, -0.05) is 30.3 Å². The summed E-state index contributed by atoms with van der Waals surface area (Å²) in [7, 11) is -4.27. The van der Waals surface area contributed by atoms with Crippen molar-refractivity contribution in [2.24, 2.45) is 0 Å². The van der Waals surface area contributed by atoms with Crippen LogP contribution >= 0.6 is 0 Å². The Labute approximate surface area is 149 Å². The van der Waals surface area contributed by atoms with E-state index < -0.39 is 40.1 Å². The summed E-state index contributed by atoms with van der Waals surface area (Å²) in [4.78, 5) is 20.8. The van der Waals surface area contributed by atoms with Crippen LogP contribution in [-0.2, 0) is 14.8 Å². The molecule has 0 aliphatic rings. The average Bonchev–Trinajstić information content (AvgIpc) is 2.61. The Hall–Kier alpha value is -2.82. The summed E-state index contributed by atoms with van der Waals surface area (Å²) in [6.07, 6.45) is -1.23. The lowest BCUT2D eigenvalue weighted by atomic mass is 10.1. The fraction of sp³-hybridized carbons (Fsp3) is 0.188. The van der Waals surface area contributed by atoms with Crippen molar-refractivity contribution in [1.29, 1.82) is 0 Å². The van der Waals surface area contributed by atoms with Gasteiger partial charge in [0.1, 0.15) is 6.54 Å². The highest BCUT2D eigenvalue weighted by molar-refractivity contribution is 7.89. The minimum atomic E-state index is -4.27. The highest BCUT2D eigenvalue weighted by Crippen LogP contribution is 2.22. The zero-order valence-electron chi connectivity index (χ0n) is 13.4. The van der Waals surface area contributed by atoms with E-state index in [1.165, 1.54) is 0 Å². The average molecular weight is 380 g/mol. The molecule has 0 heterocycles. The predicted octanol–water partition coefficient (Wildman–Crippen LogP) is 1.40. The first-order valence-electron chi connectivity index (χ1n) is 7.41. The molecule has 9 nitrogen and oxygen atoms in total. The van der Waals surface area contributed by atoms with Crippen molar-refractivity contribution in [2.75, 3.05) is 13.1 Å². The second-order valence-corrected chi connectivity index (χ2v) is 7.31. The quantitative estimate of drug-likeness (QED) is 0.521. The van der Waals surface area contributed by atoms with Gasteiger partial charge in [-0.25, -0.2) is 8.42 Å². The highest BCUT2D eigenvalue weighted by Gasteiger charge is 2.29. The number of hydrogen-bond acceptors (Lipinski definition) is 6. The molecule has 0 bridgehead atoms. The minimum absolute atomic E-state index is 0.293. The van der Waals surface area contributed by atoms with Crippen molar-refractivity contribution in [1.82, 2.24) is 4.31 Å². The molecule has 0 aliphatic heterocycles. The number of nitrogens with zero attached hydrogens (tertiary/aromatic N) is 2. The lowest BCUT2D eigenvalue weighted by molar-refractivity contribution is -0.384. The van der Waals surface area contributed by atoms with Gasteiger partial charge >= 0.3 is 5.97 Å². The number of aliphatic hydroxyl groups excluding tert-OH is 1. The SMILES string of the molecule is O=C(O)CN(CC(O)c1ccccc1)S(=O)(=O)c1ccc([N+](=O)[O-])cc1. The van der Waals surface area contributed by atoms with E-state index in [0.29, 0.717) is 9.87 Å². The summed E-state index contributed by atoms with van der Waals surface area (Å²) in [6, 6.07) is 12.3. The summed E-state index contributed by atoms with van der Waals surface area (Å²) in [5.74, 6) is -1.39. The molecule has 0 fully saturated rings. The summed E-state index contributed by atoms with van der Waals surface area (Å²) < 4.78 is 26.0. The van der Waals surface area contributed by atoms with E-state index in [2.05, 4.69) is 0 Å². The standard InChI is InChI=1S/C16H16N2O7S/c19-15(12-4-2-1-3-5-12)10-17(11-16(20)21)26(24,25)14-8-6-13(7-9-14)18(22)23/h1-9,15,19H,10-11H2,(H,20,21). The number of carboxylic acid groups (broad SMARTS) is 1. The maximum atomic E-state index is 12.7. The Kier molecular flexibility index (Phi) is 6.03. The number of aliphatic hydroxyl groups is 1. The summed E-state index contributed by atoms with van der Waals surface area (Å²) in [6.45, 7) is -1.33. The van der Waals surface area contributed by atoms with Crippen molar-refractivity contribution < 1.29 is 28.3 Å². The fourth-order valence-corrected chi connectivity index (χ4v) is 3.66. The maximum Gasteiger partial charge on any atom is 0.318 e. The Bertz CT molecular complexity index is 883. The number of carboxylic acids is 1. The molecule has 138 valence electrons. The third-order valence-electron chi connectivity index (χ3n) is 3.56. The number of sulfonamides is 1. The Morgan fingerprint density at radius 1 is 1.12 bits per heavy atom. The van der Waals surface area contributed by atoms with Gasteiger partial charge in [0, 0.05) is 18.7 Å². The van der Waals surface area contributed by atoms with Crippen molar-refractivity contribution in [3.05, 3.63) is 70.3 Å². The number of nitro benzene ring substituents is 1. The number of non-ortho nitro benzene ring substituents is 1.